The number of hydrogen-bond acceptors (Lipinski definition) is 4. The van der Waals surface area contributed by atoms with Gasteiger partial charge in [-0.05, 0) is 19.4 Å². The minimum atomic E-state index is 0.707. The first-order valence-corrected chi connectivity index (χ1v) is 6.04. The number of nitrogens with one attached hydrogen (secondary N) is 1. The number of aromatic nitrogens is 3. The van der Waals surface area contributed by atoms with E-state index in [4.69, 9.17) is 4.74 Å². The maximum Gasteiger partial charge on any atom is 0.0964 e. The molecule has 0 unspecified atom stereocenters. The quantitative estimate of drug-likeness (QED) is 0.643. The predicted molar refractivity (Wildman–Crippen MR) is 63.1 cm³/mol. The monoisotopic (exact) mass is 226 g/mol. The first-order chi connectivity index (χ1) is 7.86. The summed E-state index contributed by atoms with van der Waals surface area (Å²) in [6, 6.07) is 0. The van der Waals surface area contributed by atoms with Gasteiger partial charge < -0.3 is 10.1 Å². The largest absolute Gasteiger partial charge is 0.380 e. The molecule has 92 valence electrons. The molecule has 0 amide bonds. The molecule has 1 aromatic heterocycles. The van der Waals surface area contributed by atoms with Gasteiger partial charge in [-0.25, -0.2) is 4.68 Å². The van der Waals surface area contributed by atoms with Crippen LogP contribution >= 0.6 is 0 Å². The van der Waals surface area contributed by atoms with Crippen LogP contribution in [0.25, 0.3) is 0 Å². The van der Waals surface area contributed by atoms with Crippen molar-refractivity contribution in [1.29, 1.82) is 0 Å². The molecule has 0 atom stereocenters. The predicted octanol–water partition coefficient (Wildman–Crippen LogP) is 1.20. The average Bonchev–Trinajstić information content (AvgIpc) is 2.73. The molecule has 0 aliphatic heterocycles. The summed E-state index contributed by atoms with van der Waals surface area (Å²) < 4.78 is 7.22. The second kappa shape index (κ2) is 8.24. The molecule has 5 heteroatoms. The molecular formula is C11H22N4O. The van der Waals surface area contributed by atoms with E-state index in [1.807, 2.05) is 10.9 Å². The highest BCUT2D eigenvalue weighted by atomic mass is 16.5. The minimum Gasteiger partial charge on any atom is -0.380 e. The van der Waals surface area contributed by atoms with Crippen LogP contribution in [0.1, 0.15) is 32.4 Å². The van der Waals surface area contributed by atoms with Gasteiger partial charge in [-0.3, -0.25) is 0 Å². The molecular weight excluding hydrogens is 204 g/mol. The van der Waals surface area contributed by atoms with Crippen LogP contribution in [0.2, 0.25) is 0 Å². The molecule has 0 saturated carbocycles. The van der Waals surface area contributed by atoms with Gasteiger partial charge in [0.2, 0.25) is 0 Å². The number of rotatable bonds is 9. The van der Waals surface area contributed by atoms with Crippen LogP contribution in [0, 0.1) is 0 Å². The molecule has 1 heterocycles. The molecule has 0 aliphatic carbocycles. The van der Waals surface area contributed by atoms with Gasteiger partial charge in [0.05, 0.1) is 18.8 Å². The minimum absolute atomic E-state index is 0.707. The molecule has 0 aromatic carbocycles. The summed E-state index contributed by atoms with van der Waals surface area (Å²) in [5.74, 6) is 0. The van der Waals surface area contributed by atoms with Crippen molar-refractivity contribution >= 4 is 0 Å². The van der Waals surface area contributed by atoms with Gasteiger partial charge in [0.15, 0.2) is 0 Å². The number of nitrogens with zero attached hydrogens (tertiary/aromatic N) is 3. The van der Waals surface area contributed by atoms with Crippen molar-refractivity contribution in [3.8, 4) is 0 Å². The second-order valence-corrected chi connectivity index (χ2v) is 3.76. The van der Waals surface area contributed by atoms with E-state index in [1.165, 1.54) is 0 Å². The summed E-state index contributed by atoms with van der Waals surface area (Å²) in [5, 5.41) is 11.4. The van der Waals surface area contributed by atoms with Crippen molar-refractivity contribution in [3.05, 3.63) is 11.9 Å². The van der Waals surface area contributed by atoms with Gasteiger partial charge in [-0.2, -0.15) is 0 Å². The first kappa shape index (κ1) is 13.1. The van der Waals surface area contributed by atoms with Crippen molar-refractivity contribution in [3.63, 3.8) is 0 Å². The van der Waals surface area contributed by atoms with Crippen LogP contribution in [0.3, 0.4) is 0 Å². The van der Waals surface area contributed by atoms with Gasteiger partial charge in [-0.1, -0.05) is 19.1 Å². The Hall–Kier alpha value is -0.940. The summed E-state index contributed by atoms with van der Waals surface area (Å²) in [6.07, 6.45) is 4.17. The van der Waals surface area contributed by atoms with Crippen LogP contribution in [0.4, 0.5) is 0 Å². The van der Waals surface area contributed by atoms with Crippen LogP contribution < -0.4 is 5.32 Å². The van der Waals surface area contributed by atoms with Crippen molar-refractivity contribution in [2.24, 2.45) is 0 Å². The second-order valence-electron chi connectivity index (χ2n) is 3.76. The Morgan fingerprint density at radius 1 is 1.31 bits per heavy atom. The Balaban J connectivity index is 2.17. The third kappa shape index (κ3) is 5.23. The van der Waals surface area contributed by atoms with E-state index in [9.17, 15) is 0 Å². The molecule has 0 aliphatic rings. The van der Waals surface area contributed by atoms with Gasteiger partial charge in [0.25, 0.3) is 0 Å². The summed E-state index contributed by atoms with van der Waals surface area (Å²) in [5.41, 5.74) is 0.990. The lowest BCUT2D eigenvalue weighted by Gasteiger charge is -2.01. The smallest absolute Gasteiger partial charge is 0.0964 e. The Bertz CT molecular complexity index is 275. The molecule has 0 fully saturated rings. The fourth-order valence-corrected chi connectivity index (χ4v) is 1.33. The van der Waals surface area contributed by atoms with Crippen molar-refractivity contribution in [2.75, 3.05) is 19.8 Å². The summed E-state index contributed by atoms with van der Waals surface area (Å²) in [6.45, 7) is 8.37. The van der Waals surface area contributed by atoms with E-state index in [1.54, 1.807) is 0 Å². The third-order valence-corrected chi connectivity index (χ3v) is 2.13. The van der Waals surface area contributed by atoms with Crippen molar-refractivity contribution in [2.45, 2.75) is 39.8 Å². The van der Waals surface area contributed by atoms with Gasteiger partial charge >= 0.3 is 0 Å². The molecule has 0 bridgehead atoms. The van der Waals surface area contributed by atoms with Crippen LogP contribution in [0.5, 0.6) is 0 Å². The van der Waals surface area contributed by atoms with E-state index in [0.29, 0.717) is 6.61 Å². The summed E-state index contributed by atoms with van der Waals surface area (Å²) >= 11 is 0. The SMILES string of the molecule is CCCNCc1cn(CCOCCC)nn1. The topological polar surface area (TPSA) is 52.0 Å². The van der Waals surface area contributed by atoms with Crippen LogP contribution in [-0.2, 0) is 17.8 Å². The fraction of sp³-hybridized carbons (Fsp3) is 0.818. The molecule has 0 radical (unpaired) electrons. The molecule has 0 saturated heterocycles. The standard InChI is InChI=1S/C11H22N4O/c1-3-5-12-9-11-10-15(14-13-11)6-8-16-7-4-2/h10,12H,3-9H2,1-2H3. The highest BCUT2D eigenvalue weighted by Crippen LogP contribution is 1.93. The van der Waals surface area contributed by atoms with Gasteiger partial charge in [0.1, 0.15) is 0 Å². The van der Waals surface area contributed by atoms with Crippen molar-refractivity contribution in [1.82, 2.24) is 20.3 Å². The Kier molecular flexibility index (Phi) is 6.76. The van der Waals surface area contributed by atoms with E-state index in [0.717, 1.165) is 44.8 Å². The van der Waals surface area contributed by atoms with Crippen LogP contribution in [0.15, 0.2) is 6.20 Å². The Morgan fingerprint density at radius 3 is 2.94 bits per heavy atom. The third-order valence-electron chi connectivity index (χ3n) is 2.13. The molecule has 0 spiro atoms. The highest BCUT2D eigenvalue weighted by Gasteiger charge is 1.99. The van der Waals surface area contributed by atoms with Gasteiger partial charge in [-0.15, -0.1) is 5.10 Å². The Labute approximate surface area is 97.2 Å². The normalized spacial score (nSPS) is 10.9. The van der Waals surface area contributed by atoms with E-state index in [2.05, 4.69) is 29.5 Å². The lowest BCUT2D eigenvalue weighted by molar-refractivity contribution is 0.124. The number of ether oxygens (including phenoxy) is 1. The lowest BCUT2D eigenvalue weighted by atomic mass is 10.4. The van der Waals surface area contributed by atoms with Crippen molar-refractivity contribution < 1.29 is 4.74 Å². The zero-order valence-electron chi connectivity index (χ0n) is 10.3. The zero-order chi connectivity index (χ0) is 11.6. The van der Waals surface area contributed by atoms with Crippen LogP contribution in [-0.4, -0.2) is 34.8 Å². The fourth-order valence-electron chi connectivity index (χ4n) is 1.33. The summed E-state index contributed by atoms with van der Waals surface area (Å²) in [7, 11) is 0. The zero-order valence-corrected chi connectivity index (χ0v) is 10.3. The highest BCUT2D eigenvalue weighted by molar-refractivity contribution is 4.91. The molecule has 5 nitrogen and oxygen atoms in total. The first-order valence-electron chi connectivity index (χ1n) is 6.04. The maximum absolute atomic E-state index is 5.39. The maximum atomic E-state index is 5.39. The Morgan fingerprint density at radius 2 is 2.19 bits per heavy atom. The van der Waals surface area contributed by atoms with E-state index >= 15 is 0 Å². The van der Waals surface area contributed by atoms with E-state index < -0.39 is 0 Å². The average molecular weight is 226 g/mol. The van der Waals surface area contributed by atoms with E-state index in [-0.39, 0.29) is 0 Å². The molecule has 16 heavy (non-hydrogen) atoms. The molecule has 1 aromatic rings. The summed E-state index contributed by atoms with van der Waals surface area (Å²) in [4.78, 5) is 0. The lowest BCUT2D eigenvalue weighted by Crippen LogP contribution is -2.14. The van der Waals surface area contributed by atoms with Gasteiger partial charge in [0, 0.05) is 19.3 Å². The molecule has 1 N–H and O–H groups in total. The number of hydrogen-bond donors (Lipinski definition) is 1. The molecule has 1 rings (SSSR count).